The number of carbonyl (C=O) groups is 2. The summed E-state index contributed by atoms with van der Waals surface area (Å²) in [7, 11) is 1.65. The molecule has 1 aliphatic heterocycles. The standard InChI is InChI=1S/C22H32N2O3/c1-16(2)10-13-23-20(25)19-17-8-4-5-9-18(17)21(26)24(14-15-27-3)22(19)11-6-7-12-22/h4-5,8-9,16,19H,6-7,10-15H2,1-3H3,(H,23,25). The topological polar surface area (TPSA) is 58.6 Å². The van der Waals surface area contributed by atoms with Crippen molar-refractivity contribution in [3.63, 3.8) is 0 Å². The van der Waals surface area contributed by atoms with Gasteiger partial charge < -0.3 is 15.0 Å². The molecule has 1 heterocycles. The molecule has 5 heteroatoms. The van der Waals surface area contributed by atoms with E-state index in [-0.39, 0.29) is 17.7 Å². The predicted molar refractivity (Wildman–Crippen MR) is 106 cm³/mol. The second-order valence-electron chi connectivity index (χ2n) is 8.25. The molecule has 1 aromatic carbocycles. The number of nitrogens with one attached hydrogen (secondary N) is 1. The van der Waals surface area contributed by atoms with E-state index in [9.17, 15) is 9.59 Å². The smallest absolute Gasteiger partial charge is 0.254 e. The van der Waals surface area contributed by atoms with Gasteiger partial charge in [0.25, 0.3) is 5.91 Å². The Morgan fingerprint density at radius 1 is 1.30 bits per heavy atom. The molecular weight excluding hydrogens is 340 g/mol. The predicted octanol–water partition coefficient (Wildman–Crippen LogP) is 3.35. The lowest BCUT2D eigenvalue weighted by Crippen LogP contribution is -2.61. The van der Waals surface area contributed by atoms with Crippen molar-refractivity contribution < 1.29 is 14.3 Å². The molecule has 1 aromatic rings. The largest absolute Gasteiger partial charge is 0.383 e. The molecule has 2 aliphatic rings. The fraction of sp³-hybridized carbons (Fsp3) is 0.636. The van der Waals surface area contributed by atoms with Crippen LogP contribution in [0.2, 0.25) is 0 Å². The van der Waals surface area contributed by atoms with Gasteiger partial charge in [0.1, 0.15) is 0 Å². The van der Waals surface area contributed by atoms with Crippen LogP contribution in [0.15, 0.2) is 24.3 Å². The first-order valence-electron chi connectivity index (χ1n) is 10.2. The zero-order chi connectivity index (χ0) is 19.4. The highest BCUT2D eigenvalue weighted by atomic mass is 16.5. The fourth-order valence-electron chi connectivity index (χ4n) is 4.76. The van der Waals surface area contributed by atoms with Crippen LogP contribution in [0.5, 0.6) is 0 Å². The molecular formula is C22H32N2O3. The summed E-state index contributed by atoms with van der Waals surface area (Å²) in [4.78, 5) is 28.6. The summed E-state index contributed by atoms with van der Waals surface area (Å²) in [5.41, 5.74) is 1.13. The van der Waals surface area contributed by atoms with E-state index in [1.165, 1.54) is 0 Å². The van der Waals surface area contributed by atoms with Crippen molar-refractivity contribution in [2.75, 3.05) is 26.8 Å². The van der Waals surface area contributed by atoms with E-state index < -0.39 is 5.54 Å². The van der Waals surface area contributed by atoms with Gasteiger partial charge in [0.15, 0.2) is 0 Å². The van der Waals surface area contributed by atoms with Gasteiger partial charge in [-0.1, -0.05) is 44.9 Å². The molecule has 0 radical (unpaired) electrons. The molecule has 148 valence electrons. The lowest BCUT2D eigenvalue weighted by Gasteiger charge is -2.50. The van der Waals surface area contributed by atoms with Crippen molar-refractivity contribution in [1.82, 2.24) is 10.2 Å². The van der Waals surface area contributed by atoms with Gasteiger partial charge in [0, 0.05) is 25.8 Å². The Labute approximate surface area is 162 Å². The summed E-state index contributed by atoms with van der Waals surface area (Å²) in [6.07, 6.45) is 4.81. The molecule has 1 spiro atoms. The minimum atomic E-state index is -0.425. The Kier molecular flexibility index (Phi) is 6.20. The summed E-state index contributed by atoms with van der Waals surface area (Å²) < 4.78 is 5.28. The highest BCUT2D eigenvalue weighted by molar-refractivity contribution is 6.02. The van der Waals surface area contributed by atoms with Crippen molar-refractivity contribution in [2.45, 2.75) is 57.4 Å². The maximum atomic E-state index is 13.3. The quantitative estimate of drug-likeness (QED) is 0.798. The maximum Gasteiger partial charge on any atom is 0.254 e. The van der Waals surface area contributed by atoms with E-state index in [0.717, 1.165) is 37.7 Å². The van der Waals surface area contributed by atoms with Crippen LogP contribution in [0, 0.1) is 5.92 Å². The molecule has 1 N–H and O–H groups in total. The van der Waals surface area contributed by atoms with Crippen molar-refractivity contribution >= 4 is 11.8 Å². The van der Waals surface area contributed by atoms with E-state index in [0.29, 0.717) is 31.2 Å². The van der Waals surface area contributed by atoms with Crippen molar-refractivity contribution in [1.29, 1.82) is 0 Å². The third-order valence-corrected chi connectivity index (χ3v) is 6.09. The monoisotopic (exact) mass is 372 g/mol. The first-order valence-corrected chi connectivity index (χ1v) is 10.2. The number of amides is 2. The fourth-order valence-corrected chi connectivity index (χ4v) is 4.76. The molecule has 1 saturated carbocycles. The van der Waals surface area contributed by atoms with Gasteiger partial charge in [-0.15, -0.1) is 0 Å². The van der Waals surface area contributed by atoms with Crippen LogP contribution in [0.3, 0.4) is 0 Å². The lowest BCUT2D eigenvalue weighted by atomic mass is 9.71. The van der Waals surface area contributed by atoms with Crippen LogP contribution < -0.4 is 5.32 Å². The Morgan fingerprint density at radius 2 is 2.00 bits per heavy atom. The van der Waals surface area contributed by atoms with E-state index in [4.69, 9.17) is 4.74 Å². The molecule has 0 bridgehead atoms. The molecule has 0 aromatic heterocycles. The van der Waals surface area contributed by atoms with Gasteiger partial charge in [-0.05, 0) is 36.8 Å². The van der Waals surface area contributed by atoms with Crippen molar-refractivity contribution in [2.24, 2.45) is 5.92 Å². The summed E-state index contributed by atoms with van der Waals surface area (Å²) in [6.45, 7) is 6.01. The van der Waals surface area contributed by atoms with E-state index in [2.05, 4.69) is 19.2 Å². The van der Waals surface area contributed by atoms with Crippen LogP contribution in [-0.4, -0.2) is 49.1 Å². The molecule has 5 nitrogen and oxygen atoms in total. The number of methoxy groups -OCH3 is 1. The number of fused-ring (bicyclic) bond motifs is 1. The first kappa shape index (κ1) is 19.9. The minimum Gasteiger partial charge on any atom is -0.383 e. The highest BCUT2D eigenvalue weighted by Crippen LogP contribution is 2.50. The molecule has 27 heavy (non-hydrogen) atoms. The Morgan fingerprint density at radius 3 is 2.67 bits per heavy atom. The van der Waals surface area contributed by atoms with Crippen LogP contribution in [0.25, 0.3) is 0 Å². The molecule has 3 rings (SSSR count). The average molecular weight is 373 g/mol. The highest BCUT2D eigenvalue weighted by Gasteiger charge is 2.55. The summed E-state index contributed by atoms with van der Waals surface area (Å²) in [6, 6.07) is 7.64. The third-order valence-electron chi connectivity index (χ3n) is 6.09. The Balaban J connectivity index is 1.99. The molecule has 1 fully saturated rings. The van der Waals surface area contributed by atoms with Gasteiger partial charge in [-0.3, -0.25) is 9.59 Å². The van der Waals surface area contributed by atoms with Crippen molar-refractivity contribution in [3.05, 3.63) is 35.4 Å². The minimum absolute atomic E-state index is 0.0378. The molecule has 2 amide bonds. The van der Waals surface area contributed by atoms with Crippen LogP contribution in [0.1, 0.15) is 67.8 Å². The maximum absolute atomic E-state index is 13.3. The van der Waals surface area contributed by atoms with Crippen LogP contribution in [0.4, 0.5) is 0 Å². The van der Waals surface area contributed by atoms with Crippen LogP contribution in [-0.2, 0) is 9.53 Å². The number of benzene rings is 1. The lowest BCUT2D eigenvalue weighted by molar-refractivity contribution is -0.126. The van der Waals surface area contributed by atoms with Gasteiger partial charge >= 0.3 is 0 Å². The normalized spacial score (nSPS) is 21.0. The zero-order valence-electron chi connectivity index (χ0n) is 16.8. The average Bonchev–Trinajstić information content (AvgIpc) is 3.11. The molecule has 0 saturated heterocycles. The second-order valence-corrected chi connectivity index (χ2v) is 8.25. The van der Waals surface area contributed by atoms with Gasteiger partial charge in [-0.25, -0.2) is 0 Å². The number of hydrogen-bond donors (Lipinski definition) is 1. The number of hydrogen-bond acceptors (Lipinski definition) is 3. The summed E-state index contributed by atoms with van der Waals surface area (Å²) >= 11 is 0. The number of nitrogens with zero attached hydrogens (tertiary/aromatic N) is 1. The molecule has 1 atom stereocenters. The van der Waals surface area contributed by atoms with Gasteiger partial charge in [-0.2, -0.15) is 0 Å². The first-order chi connectivity index (χ1) is 13.0. The third kappa shape index (κ3) is 3.75. The van der Waals surface area contributed by atoms with E-state index >= 15 is 0 Å². The molecule has 1 unspecified atom stereocenters. The number of carbonyl (C=O) groups excluding carboxylic acids is 2. The van der Waals surface area contributed by atoms with Gasteiger partial charge in [0.2, 0.25) is 5.91 Å². The van der Waals surface area contributed by atoms with Crippen molar-refractivity contribution in [3.8, 4) is 0 Å². The van der Waals surface area contributed by atoms with E-state index in [1.807, 2.05) is 29.2 Å². The molecule has 1 aliphatic carbocycles. The number of rotatable bonds is 7. The summed E-state index contributed by atoms with van der Waals surface area (Å²) in [5, 5.41) is 3.16. The van der Waals surface area contributed by atoms with E-state index in [1.54, 1.807) is 7.11 Å². The Hall–Kier alpha value is -1.88. The van der Waals surface area contributed by atoms with Crippen LogP contribution >= 0.6 is 0 Å². The second kappa shape index (κ2) is 8.42. The Bertz CT molecular complexity index is 680. The summed E-state index contributed by atoms with van der Waals surface area (Å²) in [5.74, 6) is 0.331. The van der Waals surface area contributed by atoms with Gasteiger partial charge in [0.05, 0.1) is 18.1 Å². The SMILES string of the molecule is COCCN1C(=O)c2ccccc2C(C(=O)NCCC(C)C)C12CCCC2. The zero-order valence-corrected chi connectivity index (χ0v) is 16.8. The number of ether oxygens (including phenoxy) is 1.